The molecule has 0 atom stereocenters. The van der Waals surface area contributed by atoms with Gasteiger partial charge in [0, 0.05) is 0 Å². The number of benzene rings is 9. The van der Waals surface area contributed by atoms with Crippen LogP contribution < -0.4 is 0 Å². The summed E-state index contributed by atoms with van der Waals surface area (Å²) in [4.78, 5) is 0. The topological polar surface area (TPSA) is 0 Å². The van der Waals surface area contributed by atoms with Gasteiger partial charge in [-0.2, -0.15) is 0 Å². The first kappa shape index (κ1) is 26.4. The molecule has 0 heterocycles. The number of fused-ring (bicyclic) bond motifs is 5. The van der Waals surface area contributed by atoms with Gasteiger partial charge in [0.15, 0.2) is 0 Å². The summed E-state index contributed by atoms with van der Waals surface area (Å²) in [7, 11) is 0. The third-order valence-corrected chi connectivity index (χ3v) is 9.42. The lowest BCUT2D eigenvalue weighted by atomic mass is 9.84. The van der Waals surface area contributed by atoms with Crippen LogP contribution in [0.2, 0.25) is 0 Å². The molecule has 0 aliphatic rings. The predicted octanol–water partition coefficient (Wildman–Crippen LogP) is 13.0. The van der Waals surface area contributed by atoms with Crippen molar-refractivity contribution in [3.05, 3.63) is 182 Å². The van der Waals surface area contributed by atoms with Gasteiger partial charge in [0.2, 0.25) is 0 Å². The van der Waals surface area contributed by atoms with Gasteiger partial charge in [-0.25, -0.2) is 0 Å². The molecule has 46 heavy (non-hydrogen) atoms. The molecule has 0 saturated heterocycles. The lowest BCUT2D eigenvalue weighted by molar-refractivity contribution is 1.61. The Balaban J connectivity index is 1.30. The van der Waals surface area contributed by atoms with Gasteiger partial charge < -0.3 is 0 Å². The van der Waals surface area contributed by atoms with Crippen molar-refractivity contribution in [2.24, 2.45) is 0 Å². The first-order valence-corrected chi connectivity index (χ1v) is 15.9. The summed E-state index contributed by atoms with van der Waals surface area (Å²) in [6.07, 6.45) is 0. The Labute approximate surface area is 268 Å². The minimum atomic E-state index is 1.23. The highest BCUT2D eigenvalue weighted by Gasteiger charge is 2.18. The maximum atomic E-state index is 2.39. The van der Waals surface area contributed by atoms with Crippen LogP contribution in [-0.4, -0.2) is 0 Å². The maximum absolute atomic E-state index is 2.39. The number of rotatable bonds is 4. The standard InChI is InChI=1S/C46H30/c1-2-14-31(15-3-1)32-17-12-19-35(28-32)45-40-24-8-10-26-42(40)46(43-27-11-9-25-41(43)45)36-20-13-18-33(29-36)44-30-34-16-4-5-21-37(34)38-22-6-7-23-39(38)44/h1-30H. The molecular formula is C46H30. The van der Waals surface area contributed by atoms with Crippen molar-refractivity contribution in [3.63, 3.8) is 0 Å². The van der Waals surface area contributed by atoms with Gasteiger partial charge in [-0.15, -0.1) is 0 Å². The molecule has 0 aliphatic carbocycles. The summed E-state index contributed by atoms with van der Waals surface area (Å²) in [6.45, 7) is 0. The SMILES string of the molecule is c1ccc(-c2cccc(-c3c4ccccc4c(-c4cccc(-c5cc6ccccc6c6ccccc56)c4)c4ccccc34)c2)cc1. The van der Waals surface area contributed by atoms with E-state index in [-0.39, 0.29) is 0 Å². The van der Waals surface area contributed by atoms with E-state index in [9.17, 15) is 0 Å². The molecule has 0 fully saturated rings. The van der Waals surface area contributed by atoms with Crippen molar-refractivity contribution >= 4 is 43.1 Å². The first-order valence-electron chi connectivity index (χ1n) is 15.9. The molecular weight excluding hydrogens is 553 g/mol. The Kier molecular flexibility index (Phi) is 6.25. The van der Waals surface area contributed by atoms with E-state index in [1.807, 2.05) is 0 Å². The molecule has 214 valence electrons. The molecule has 0 N–H and O–H groups in total. The van der Waals surface area contributed by atoms with Crippen LogP contribution >= 0.6 is 0 Å². The van der Waals surface area contributed by atoms with Crippen LogP contribution in [0.15, 0.2) is 182 Å². The van der Waals surface area contributed by atoms with Gasteiger partial charge in [0.05, 0.1) is 0 Å². The van der Waals surface area contributed by atoms with Crippen molar-refractivity contribution in [3.8, 4) is 44.5 Å². The van der Waals surface area contributed by atoms with Gasteiger partial charge in [-0.3, -0.25) is 0 Å². The molecule has 9 aromatic carbocycles. The van der Waals surface area contributed by atoms with Crippen LogP contribution in [0.1, 0.15) is 0 Å². The highest BCUT2D eigenvalue weighted by atomic mass is 14.2. The van der Waals surface area contributed by atoms with Crippen molar-refractivity contribution in [2.75, 3.05) is 0 Å². The molecule has 0 spiro atoms. The first-order chi connectivity index (χ1) is 22.8. The Bertz CT molecular complexity index is 2520. The third kappa shape index (κ3) is 4.30. The molecule has 0 aliphatic heterocycles. The second kappa shape index (κ2) is 10.9. The van der Waals surface area contributed by atoms with Crippen LogP contribution in [0.4, 0.5) is 0 Å². The average Bonchev–Trinajstić information content (AvgIpc) is 3.14. The predicted molar refractivity (Wildman–Crippen MR) is 198 cm³/mol. The van der Waals surface area contributed by atoms with Crippen LogP contribution in [0.3, 0.4) is 0 Å². The van der Waals surface area contributed by atoms with Gasteiger partial charge in [-0.1, -0.05) is 164 Å². The lowest BCUT2D eigenvalue weighted by Gasteiger charge is -2.19. The lowest BCUT2D eigenvalue weighted by Crippen LogP contribution is -1.92. The summed E-state index contributed by atoms with van der Waals surface area (Å²) < 4.78 is 0. The third-order valence-electron chi connectivity index (χ3n) is 9.42. The largest absolute Gasteiger partial charge is 0.0622 e. The second-order valence-electron chi connectivity index (χ2n) is 12.1. The molecule has 0 aromatic heterocycles. The van der Waals surface area contributed by atoms with Crippen molar-refractivity contribution in [1.82, 2.24) is 0 Å². The minimum Gasteiger partial charge on any atom is -0.0622 e. The Hall–Kier alpha value is -5.98. The summed E-state index contributed by atoms with van der Waals surface area (Å²) in [6, 6.07) is 66.5. The quantitative estimate of drug-likeness (QED) is 0.143. The highest BCUT2D eigenvalue weighted by molar-refractivity contribution is 6.22. The Morgan fingerprint density at radius 3 is 1.24 bits per heavy atom. The van der Waals surface area contributed by atoms with E-state index in [4.69, 9.17) is 0 Å². The van der Waals surface area contributed by atoms with E-state index in [2.05, 4.69) is 182 Å². The molecule has 0 saturated carbocycles. The minimum absolute atomic E-state index is 1.23. The van der Waals surface area contributed by atoms with Crippen LogP contribution in [0.25, 0.3) is 87.6 Å². The summed E-state index contributed by atoms with van der Waals surface area (Å²) >= 11 is 0. The van der Waals surface area contributed by atoms with Crippen molar-refractivity contribution in [1.29, 1.82) is 0 Å². The zero-order valence-electron chi connectivity index (χ0n) is 25.3. The van der Waals surface area contributed by atoms with E-state index in [0.29, 0.717) is 0 Å². The monoisotopic (exact) mass is 582 g/mol. The Morgan fingerprint density at radius 1 is 0.217 bits per heavy atom. The smallest absolute Gasteiger partial charge is 0.00262 e. The van der Waals surface area contributed by atoms with E-state index in [1.54, 1.807) is 0 Å². The number of hydrogen-bond acceptors (Lipinski definition) is 0. The van der Waals surface area contributed by atoms with Crippen molar-refractivity contribution < 1.29 is 0 Å². The van der Waals surface area contributed by atoms with Gasteiger partial charge in [0.1, 0.15) is 0 Å². The molecule has 9 aromatic rings. The van der Waals surface area contributed by atoms with Crippen LogP contribution in [0.5, 0.6) is 0 Å². The zero-order valence-corrected chi connectivity index (χ0v) is 25.3. The zero-order chi connectivity index (χ0) is 30.5. The fourth-order valence-electron chi connectivity index (χ4n) is 7.37. The molecule has 9 rings (SSSR count). The highest BCUT2D eigenvalue weighted by Crippen LogP contribution is 2.45. The number of hydrogen-bond donors (Lipinski definition) is 0. The van der Waals surface area contributed by atoms with E-state index >= 15 is 0 Å². The second-order valence-corrected chi connectivity index (χ2v) is 12.1. The summed E-state index contributed by atoms with van der Waals surface area (Å²) in [5.74, 6) is 0. The molecule has 0 amide bonds. The van der Waals surface area contributed by atoms with E-state index < -0.39 is 0 Å². The summed E-state index contributed by atoms with van der Waals surface area (Å²) in [5, 5.41) is 10.2. The average molecular weight is 583 g/mol. The van der Waals surface area contributed by atoms with E-state index in [0.717, 1.165) is 0 Å². The van der Waals surface area contributed by atoms with E-state index in [1.165, 1.54) is 87.6 Å². The summed E-state index contributed by atoms with van der Waals surface area (Å²) in [5.41, 5.74) is 9.97. The van der Waals surface area contributed by atoms with Crippen LogP contribution in [-0.2, 0) is 0 Å². The van der Waals surface area contributed by atoms with Crippen LogP contribution in [0, 0.1) is 0 Å². The maximum Gasteiger partial charge on any atom is -0.00262 e. The molecule has 0 unspecified atom stereocenters. The molecule has 0 radical (unpaired) electrons. The fraction of sp³-hybridized carbons (Fsp3) is 0. The van der Waals surface area contributed by atoms with Gasteiger partial charge >= 0.3 is 0 Å². The van der Waals surface area contributed by atoms with Crippen molar-refractivity contribution in [2.45, 2.75) is 0 Å². The molecule has 0 heteroatoms. The van der Waals surface area contributed by atoms with Gasteiger partial charge in [0.25, 0.3) is 0 Å². The normalized spacial score (nSPS) is 11.5. The van der Waals surface area contributed by atoms with Gasteiger partial charge in [-0.05, 0) is 106 Å². The Morgan fingerprint density at radius 2 is 0.630 bits per heavy atom. The molecule has 0 bridgehead atoms. The fourth-order valence-corrected chi connectivity index (χ4v) is 7.37. The molecule has 0 nitrogen and oxygen atoms in total.